The van der Waals surface area contributed by atoms with Gasteiger partial charge in [0.25, 0.3) is 0 Å². The zero-order valence-electron chi connectivity index (χ0n) is 14.1. The van der Waals surface area contributed by atoms with Crippen LogP contribution >= 0.6 is 11.6 Å². The van der Waals surface area contributed by atoms with E-state index in [1.807, 2.05) is 29.2 Å². The number of amides is 1. The van der Waals surface area contributed by atoms with E-state index in [0.29, 0.717) is 11.6 Å². The van der Waals surface area contributed by atoms with Crippen molar-refractivity contribution in [1.29, 1.82) is 0 Å². The highest BCUT2D eigenvalue weighted by Crippen LogP contribution is 2.33. The highest BCUT2D eigenvalue weighted by molar-refractivity contribution is 6.30. The van der Waals surface area contributed by atoms with Gasteiger partial charge < -0.3 is 15.4 Å². The van der Waals surface area contributed by atoms with Gasteiger partial charge in [0.2, 0.25) is 11.9 Å². The summed E-state index contributed by atoms with van der Waals surface area (Å²) in [5.74, 6) is 0.362. The van der Waals surface area contributed by atoms with Gasteiger partial charge in [-0.1, -0.05) is 23.7 Å². The van der Waals surface area contributed by atoms with E-state index in [2.05, 4.69) is 9.97 Å². The predicted octanol–water partition coefficient (Wildman–Crippen LogP) is 2.73. The van der Waals surface area contributed by atoms with Crippen molar-refractivity contribution < 1.29 is 9.53 Å². The molecule has 2 aromatic rings. The van der Waals surface area contributed by atoms with Crippen LogP contribution in [0.5, 0.6) is 0 Å². The predicted molar refractivity (Wildman–Crippen MR) is 97.3 cm³/mol. The Morgan fingerprint density at radius 3 is 2.88 bits per heavy atom. The number of hydrogen-bond acceptors (Lipinski definition) is 5. The fraction of sp³-hybridized carbons (Fsp3) is 0.389. The maximum absolute atomic E-state index is 12.2. The third-order valence-corrected chi connectivity index (χ3v) is 4.67. The Kier molecular flexibility index (Phi) is 5.50. The molecule has 1 aliphatic rings. The van der Waals surface area contributed by atoms with E-state index in [1.165, 1.54) is 7.11 Å². The average molecular weight is 361 g/mol. The Balaban J connectivity index is 1.91. The average Bonchev–Trinajstić information content (AvgIpc) is 2.63. The molecule has 2 heterocycles. The first kappa shape index (κ1) is 17.6. The Morgan fingerprint density at radius 2 is 2.16 bits per heavy atom. The molecule has 3 rings (SSSR count). The fourth-order valence-electron chi connectivity index (χ4n) is 3.21. The molecular weight excluding hydrogens is 340 g/mol. The quantitative estimate of drug-likeness (QED) is 0.906. The van der Waals surface area contributed by atoms with Crippen molar-refractivity contribution in [3.05, 3.63) is 41.2 Å². The number of anilines is 1. The van der Waals surface area contributed by atoms with Gasteiger partial charge in [0.15, 0.2) is 0 Å². The van der Waals surface area contributed by atoms with Gasteiger partial charge in [-0.3, -0.25) is 4.79 Å². The number of carbonyl (C=O) groups is 1. The molecule has 1 atom stereocenters. The van der Waals surface area contributed by atoms with Gasteiger partial charge in [0.05, 0.1) is 5.69 Å². The zero-order chi connectivity index (χ0) is 17.8. The standard InChI is InChI=1S/C18H21ClN4O2/c1-25-11-16(24)23-8-2-3-13(10-23)17-15(9-21-18(20)22-17)12-4-6-14(19)7-5-12/h4-7,9,13H,2-3,8,10-11H2,1H3,(H2,20,21,22)/t13-/m1/s1. The summed E-state index contributed by atoms with van der Waals surface area (Å²) in [5, 5.41) is 0.677. The van der Waals surface area contributed by atoms with Crippen LogP contribution in [0.3, 0.4) is 0 Å². The first-order valence-electron chi connectivity index (χ1n) is 8.23. The number of piperidine rings is 1. The van der Waals surface area contributed by atoms with Crippen LogP contribution in [0.15, 0.2) is 30.5 Å². The van der Waals surface area contributed by atoms with Crippen molar-refractivity contribution in [3.8, 4) is 11.1 Å². The molecule has 0 spiro atoms. The zero-order valence-corrected chi connectivity index (χ0v) is 14.9. The number of nitrogens with two attached hydrogens (primary N) is 1. The lowest BCUT2D eigenvalue weighted by molar-refractivity contribution is -0.136. The molecule has 0 unspecified atom stereocenters. The third kappa shape index (κ3) is 4.08. The van der Waals surface area contributed by atoms with Gasteiger partial charge in [-0.15, -0.1) is 0 Å². The van der Waals surface area contributed by atoms with E-state index < -0.39 is 0 Å². The first-order valence-corrected chi connectivity index (χ1v) is 8.61. The van der Waals surface area contributed by atoms with Crippen molar-refractivity contribution >= 4 is 23.5 Å². The maximum atomic E-state index is 12.2. The molecule has 1 aromatic heterocycles. The van der Waals surface area contributed by atoms with Gasteiger partial charge in [0.1, 0.15) is 6.61 Å². The molecule has 2 N–H and O–H groups in total. The molecule has 0 saturated carbocycles. The molecule has 1 aromatic carbocycles. The molecule has 1 saturated heterocycles. The van der Waals surface area contributed by atoms with Crippen molar-refractivity contribution in [2.24, 2.45) is 0 Å². The van der Waals surface area contributed by atoms with E-state index >= 15 is 0 Å². The van der Waals surface area contributed by atoms with Crippen LogP contribution in [0.4, 0.5) is 5.95 Å². The smallest absolute Gasteiger partial charge is 0.248 e. The topological polar surface area (TPSA) is 81.3 Å². The highest BCUT2D eigenvalue weighted by atomic mass is 35.5. The summed E-state index contributed by atoms with van der Waals surface area (Å²) in [4.78, 5) is 22.6. The van der Waals surface area contributed by atoms with Crippen LogP contribution in [0, 0.1) is 0 Å². The highest BCUT2D eigenvalue weighted by Gasteiger charge is 2.27. The van der Waals surface area contributed by atoms with Crippen LogP contribution in [-0.2, 0) is 9.53 Å². The minimum Gasteiger partial charge on any atom is -0.375 e. The summed E-state index contributed by atoms with van der Waals surface area (Å²) >= 11 is 5.99. The van der Waals surface area contributed by atoms with Gasteiger partial charge >= 0.3 is 0 Å². The SMILES string of the molecule is COCC(=O)N1CCC[C@@H](c2nc(N)ncc2-c2ccc(Cl)cc2)C1. The number of aromatic nitrogens is 2. The van der Waals surface area contributed by atoms with Crippen molar-refractivity contribution in [2.75, 3.05) is 32.5 Å². The summed E-state index contributed by atoms with van der Waals surface area (Å²) in [6.07, 6.45) is 3.62. The Morgan fingerprint density at radius 1 is 1.40 bits per heavy atom. The molecule has 6 nitrogen and oxygen atoms in total. The van der Waals surface area contributed by atoms with Crippen LogP contribution in [0.2, 0.25) is 5.02 Å². The van der Waals surface area contributed by atoms with Crippen LogP contribution in [-0.4, -0.2) is 47.6 Å². The summed E-state index contributed by atoms with van der Waals surface area (Å²) in [6.45, 7) is 1.46. The number of nitrogens with zero attached hydrogens (tertiary/aromatic N) is 3. The summed E-state index contributed by atoms with van der Waals surface area (Å²) in [6, 6.07) is 7.56. The van der Waals surface area contributed by atoms with E-state index in [1.54, 1.807) is 6.20 Å². The minimum absolute atomic E-state index is 0.00210. The number of halogens is 1. The number of rotatable bonds is 4. The van der Waals surface area contributed by atoms with E-state index in [9.17, 15) is 4.79 Å². The number of methoxy groups -OCH3 is 1. The lowest BCUT2D eigenvalue weighted by Gasteiger charge is -2.33. The van der Waals surface area contributed by atoms with Gasteiger partial charge in [0, 0.05) is 42.9 Å². The molecule has 0 bridgehead atoms. The molecule has 7 heteroatoms. The summed E-state index contributed by atoms with van der Waals surface area (Å²) in [5.41, 5.74) is 8.63. The Labute approximate surface area is 152 Å². The second-order valence-corrected chi connectivity index (χ2v) is 6.58. The molecule has 1 aliphatic heterocycles. The number of likely N-dealkylation sites (tertiary alicyclic amines) is 1. The van der Waals surface area contributed by atoms with Gasteiger partial charge in [-0.25, -0.2) is 9.97 Å². The largest absolute Gasteiger partial charge is 0.375 e. The van der Waals surface area contributed by atoms with Crippen molar-refractivity contribution in [3.63, 3.8) is 0 Å². The Hall–Kier alpha value is -2.18. The maximum Gasteiger partial charge on any atom is 0.248 e. The normalized spacial score (nSPS) is 17.5. The number of nitrogen functional groups attached to an aromatic ring is 1. The molecule has 0 radical (unpaired) electrons. The van der Waals surface area contributed by atoms with Crippen molar-refractivity contribution in [1.82, 2.24) is 14.9 Å². The molecule has 132 valence electrons. The summed E-state index contributed by atoms with van der Waals surface area (Å²) in [7, 11) is 1.53. The molecule has 1 amide bonds. The van der Waals surface area contributed by atoms with Crippen LogP contribution < -0.4 is 5.73 Å². The third-order valence-electron chi connectivity index (χ3n) is 4.42. The number of ether oxygens (including phenoxy) is 1. The molecular formula is C18H21ClN4O2. The first-order chi connectivity index (χ1) is 12.1. The summed E-state index contributed by atoms with van der Waals surface area (Å²) < 4.78 is 4.97. The second-order valence-electron chi connectivity index (χ2n) is 6.15. The van der Waals surface area contributed by atoms with E-state index in [0.717, 1.165) is 36.2 Å². The number of benzene rings is 1. The lowest BCUT2D eigenvalue weighted by atomic mass is 9.90. The van der Waals surface area contributed by atoms with Gasteiger partial charge in [-0.05, 0) is 30.5 Å². The van der Waals surface area contributed by atoms with Crippen molar-refractivity contribution in [2.45, 2.75) is 18.8 Å². The molecule has 25 heavy (non-hydrogen) atoms. The monoisotopic (exact) mass is 360 g/mol. The minimum atomic E-state index is 0.00210. The van der Waals surface area contributed by atoms with Crippen LogP contribution in [0.25, 0.3) is 11.1 Å². The Bertz CT molecular complexity index is 751. The lowest BCUT2D eigenvalue weighted by Crippen LogP contribution is -2.41. The second kappa shape index (κ2) is 7.80. The number of hydrogen-bond donors (Lipinski definition) is 1. The van der Waals surface area contributed by atoms with Crippen LogP contribution in [0.1, 0.15) is 24.5 Å². The van der Waals surface area contributed by atoms with Gasteiger partial charge in [-0.2, -0.15) is 0 Å². The van der Waals surface area contributed by atoms with E-state index in [-0.39, 0.29) is 24.4 Å². The van der Waals surface area contributed by atoms with E-state index in [4.69, 9.17) is 22.1 Å². The molecule has 1 fully saturated rings. The number of carbonyl (C=O) groups excluding carboxylic acids is 1. The fourth-order valence-corrected chi connectivity index (χ4v) is 3.34. The molecule has 0 aliphatic carbocycles.